The molecule has 8 nitrogen and oxygen atoms in total. The van der Waals surface area contributed by atoms with E-state index in [0.29, 0.717) is 5.56 Å². The number of amidine groups is 1. The zero-order valence-electron chi connectivity index (χ0n) is 14.8. The fourth-order valence-corrected chi connectivity index (χ4v) is 3.42. The number of methoxy groups -OCH3 is 1. The van der Waals surface area contributed by atoms with Crippen LogP contribution in [0.25, 0.3) is 11.1 Å². The van der Waals surface area contributed by atoms with E-state index in [1.165, 1.54) is 6.21 Å². The summed E-state index contributed by atoms with van der Waals surface area (Å²) in [5, 5.41) is 28.6. The lowest BCUT2D eigenvalue weighted by Gasteiger charge is -2.06. The minimum Gasteiger partial charge on any atom is -0.507 e. The molecule has 144 valence electrons. The third kappa shape index (κ3) is 4.68. The molecule has 2 aromatic carbocycles. The Labute approximate surface area is 164 Å². The monoisotopic (exact) mass is 399 g/mol. The van der Waals surface area contributed by atoms with E-state index in [2.05, 4.69) is 15.5 Å². The fraction of sp³-hybridized carbons (Fsp3) is 0.158. The number of carboxylic acids is 1. The number of thioether (sulfide) groups is 1. The van der Waals surface area contributed by atoms with Gasteiger partial charge in [0.2, 0.25) is 5.91 Å². The summed E-state index contributed by atoms with van der Waals surface area (Å²) < 4.78 is 5.15. The minimum atomic E-state index is -1.06. The van der Waals surface area contributed by atoms with Gasteiger partial charge in [0.15, 0.2) is 5.17 Å². The van der Waals surface area contributed by atoms with Crippen LogP contribution in [0.4, 0.5) is 0 Å². The number of benzene rings is 2. The molecule has 0 aliphatic carbocycles. The first-order valence-electron chi connectivity index (χ1n) is 8.24. The standard InChI is InChI=1S/C19H17N3O5S/c1-27-14-5-2-11(3-6-14)12-4-7-15(23)13(8-12)10-20-22-19-21-18(26)16(28-19)9-17(24)25/h2-8,10,16,23H,9H2,1H3,(H,24,25)(H,21,22,26). The molecule has 0 bridgehead atoms. The van der Waals surface area contributed by atoms with Gasteiger partial charge in [0.1, 0.15) is 16.7 Å². The van der Waals surface area contributed by atoms with Crippen molar-refractivity contribution in [1.29, 1.82) is 0 Å². The van der Waals surface area contributed by atoms with E-state index in [1.54, 1.807) is 25.3 Å². The fourth-order valence-electron chi connectivity index (χ4n) is 2.51. The van der Waals surface area contributed by atoms with Gasteiger partial charge < -0.3 is 20.3 Å². The SMILES string of the molecule is COc1ccc(-c2ccc(O)c(C=NN=C3NC(=O)C(CC(=O)O)S3)c2)cc1. The first-order chi connectivity index (χ1) is 13.5. The molecular weight excluding hydrogens is 382 g/mol. The van der Waals surface area contributed by atoms with Crippen molar-refractivity contribution in [1.82, 2.24) is 5.32 Å². The van der Waals surface area contributed by atoms with Crippen molar-refractivity contribution in [2.24, 2.45) is 10.2 Å². The molecule has 3 rings (SSSR count). The Kier molecular flexibility index (Phi) is 5.95. The largest absolute Gasteiger partial charge is 0.507 e. The molecule has 0 aromatic heterocycles. The van der Waals surface area contributed by atoms with Crippen molar-refractivity contribution in [3.05, 3.63) is 48.0 Å². The molecule has 1 heterocycles. The highest BCUT2D eigenvalue weighted by Crippen LogP contribution is 2.27. The van der Waals surface area contributed by atoms with Crippen LogP contribution in [0.15, 0.2) is 52.7 Å². The maximum absolute atomic E-state index is 11.7. The number of carboxylic acid groups (broad SMARTS) is 1. The van der Waals surface area contributed by atoms with Gasteiger partial charge in [-0.05, 0) is 35.4 Å². The molecule has 1 unspecified atom stereocenters. The van der Waals surface area contributed by atoms with E-state index in [9.17, 15) is 14.7 Å². The maximum Gasteiger partial charge on any atom is 0.305 e. The first-order valence-corrected chi connectivity index (χ1v) is 9.12. The summed E-state index contributed by atoms with van der Waals surface area (Å²) in [5.41, 5.74) is 2.27. The minimum absolute atomic E-state index is 0.0353. The molecule has 3 N–H and O–H groups in total. The van der Waals surface area contributed by atoms with Crippen LogP contribution < -0.4 is 10.1 Å². The Morgan fingerprint density at radius 2 is 1.96 bits per heavy atom. The second-order valence-electron chi connectivity index (χ2n) is 5.85. The molecule has 0 spiro atoms. The number of ether oxygens (including phenoxy) is 1. The predicted octanol–water partition coefficient (Wildman–Crippen LogP) is 2.46. The number of rotatable bonds is 6. The smallest absolute Gasteiger partial charge is 0.305 e. The highest BCUT2D eigenvalue weighted by atomic mass is 32.2. The lowest BCUT2D eigenvalue weighted by Crippen LogP contribution is -2.26. The van der Waals surface area contributed by atoms with Crippen molar-refractivity contribution >= 4 is 35.0 Å². The van der Waals surface area contributed by atoms with Gasteiger partial charge in [0.05, 0.1) is 19.7 Å². The number of phenolic OH excluding ortho intramolecular Hbond substituents is 1. The molecule has 1 atom stereocenters. The second-order valence-corrected chi connectivity index (χ2v) is 7.04. The molecule has 1 aliphatic rings. The summed E-state index contributed by atoms with van der Waals surface area (Å²) in [6, 6.07) is 12.6. The second kappa shape index (κ2) is 8.57. The number of phenols is 1. The van der Waals surface area contributed by atoms with Crippen molar-refractivity contribution < 1.29 is 24.5 Å². The number of carbonyl (C=O) groups excluding carboxylic acids is 1. The Bertz CT molecular complexity index is 957. The van der Waals surface area contributed by atoms with Gasteiger partial charge in [-0.2, -0.15) is 5.10 Å². The van der Waals surface area contributed by atoms with Crippen molar-refractivity contribution in [2.75, 3.05) is 7.11 Å². The number of hydrogen-bond donors (Lipinski definition) is 3. The Hall–Kier alpha value is -3.33. The van der Waals surface area contributed by atoms with Crippen LogP contribution in [-0.2, 0) is 9.59 Å². The van der Waals surface area contributed by atoms with Gasteiger partial charge in [0, 0.05) is 5.56 Å². The van der Waals surface area contributed by atoms with Gasteiger partial charge in [-0.15, -0.1) is 5.10 Å². The summed E-state index contributed by atoms with van der Waals surface area (Å²) in [7, 11) is 1.60. The lowest BCUT2D eigenvalue weighted by molar-refractivity contribution is -0.138. The van der Waals surface area contributed by atoms with Crippen molar-refractivity contribution in [3.63, 3.8) is 0 Å². The number of aliphatic carboxylic acids is 1. The van der Waals surface area contributed by atoms with Crippen molar-refractivity contribution in [3.8, 4) is 22.6 Å². The van der Waals surface area contributed by atoms with E-state index >= 15 is 0 Å². The van der Waals surface area contributed by atoms with Crippen LogP contribution in [0.1, 0.15) is 12.0 Å². The molecule has 9 heteroatoms. The predicted molar refractivity (Wildman–Crippen MR) is 107 cm³/mol. The topological polar surface area (TPSA) is 121 Å². The van der Waals surface area contributed by atoms with E-state index in [4.69, 9.17) is 9.84 Å². The van der Waals surface area contributed by atoms with Gasteiger partial charge >= 0.3 is 5.97 Å². The zero-order chi connectivity index (χ0) is 20.1. The summed E-state index contributed by atoms with van der Waals surface area (Å²) in [4.78, 5) is 22.4. The lowest BCUT2D eigenvalue weighted by atomic mass is 10.0. The maximum atomic E-state index is 11.7. The number of carbonyl (C=O) groups is 2. The number of aromatic hydroxyl groups is 1. The Morgan fingerprint density at radius 3 is 2.64 bits per heavy atom. The molecule has 1 saturated heterocycles. The Balaban J connectivity index is 1.75. The molecule has 1 aliphatic heterocycles. The van der Waals surface area contributed by atoms with Crippen LogP contribution in [-0.4, -0.2) is 45.8 Å². The molecular formula is C19H17N3O5S. The molecule has 1 fully saturated rings. The molecule has 0 radical (unpaired) electrons. The quantitative estimate of drug-likeness (QED) is 0.507. The van der Waals surface area contributed by atoms with Crippen LogP contribution in [0.3, 0.4) is 0 Å². The van der Waals surface area contributed by atoms with E-state index < -0.39 is 17.1 Å². The number of nitrogens with one attached hydrogen (secondary N) is 1. The Morgan fingerprint density at radius 1 is 1.25 bits per heavy atom. The average molecular weight is 399 g/mol. The van der Waals surface area contributed by atoms with Gasteiger partial charge in [-0.1, -0.05) is 30.0 Å². The number of hydrogen-bond acceptors (Lipinski definition) is 7. The molecule has 2 aromatic rings. The zero-order valence-corrected chi connectivity index (χ0v) is 15.6. The number of nitrogens with zero attached hydrogens (tertiary/aromatic N) is 2. The third-order valence-corrected chi connectivity index (χ3v) is 5.00. The highest BCUT2D eigenvalue weighted by Gasteiger charge is 2.32. The van der Waals surface area contributed by atoms with Crippen LogP contribution in [0, 0.1) is 0 Å². The molecule has 0 saturated carbocycles. The van der Waals surface area contributed by atoms with Gasteiger partial charge in [-0.25, -0.2) is 0 Å². The van der Waals surface area contributed by atoms with Crippen LogP contribution in [0.2, 0.25) is 0 Å². The summed E-state index contributed by atoms with van der Waals surface area (Å²) in [6.45, 7) is 0. The first kappa shape index (κ1) is 19.4. The van der Waals surface area contributed by atoms with Crippen molar-refractivity contribution in [2.45, 2.75) is 11.7 Å². The normalized spacial score (nSPS) is 17.8. The summed E-state index contributed by atoms with van der Waals surface area (Å²) in [6.07, 6.45) is 1.08. The number of amides is 1. The molecule has 1 amide bonds. The van der Waals surface area contributed by atoms with Crippen LogP contribution >= 0.6 is 11.8 Å². The average Bonchev–Trinajstić information content (AvgIpc) is 3.02. The summed E-state index contributed by atoms with van der Waals surface area (Å²) >= 11 is 1.01. The van der Waals surface area contributed by atoms with E-state index in [1.807, 2.05) is 24.3 Å². The summed E-state index contributed by atoms with van der Waals surface area (Å²) in [5.74, 6) is -0.686. The molecule has 28 heavy (non-hydrogen) atoms. The van der Waals surface area contributed by atoms with Gasteiger partial charge in [0.25, 0.3) is 0 Å². The van der Waals surface area contributed by atoms with E-state index in [-0.39, 0.29) is 17.3 Å². The highest BCUT2D eigenvalue weighted by molar-refractivity contribution is 8.15. The van der Waals surface area contributed by atoms with E-state index in [0.717, 1.165) is 28.6 Å². The van der Waals surface area contributed by atoms with Crippen LogP contribution in [0.5, 0.6) is 11.5 Å². The van der Waals surface area contributed by atoms with Gasteiger partial charge in [-0.3, -0.25) is 9.59 Å². The third-order valence-electron chi connectivity index (χ3n) is 3.93.